The van der Waals surface area contributed by atoms with Gasteiger partial charge in [-0.1, -0.05) is 54.4 Å². The van der Waals surface area contributed by atoms with E-state index in [4.69, 9.17) is 9.47 Å². The van der Waals surface area contributed by atoms with Crippen molar-refractivity contribution in [2.45, 2.75) is 125 Å². The van der Waals surface area contributed by atoms with Gasteiger partial charge in [0.25, 0.3) is 0 Å². The van der Waals surface area contributed by atoms with Gasteiger partial charge < -0.3 is 30.5 Å². The third-order valence-electron chi connectivity index (χ3n) is 6.16. The third kappa shape index (κ3) is 13.7. The molecule has 10 nitrogen and oxygen atoms in total. The predicted molar refractivity (Wildman–Crippen MR) is 143 cm³/mol. The lowest BCUT2D eigenvalue weighted by Crippen LogP contribution is -2.59. The molecular formula is C27H51N3O7. The highest BCUT2D eigenvalue weighted by atomic mass is 16.6. The van der Waals surface area contributed by atoms with Crippen molar-refractivity contribution >= 4 is 23.9 Å². The van der Waals surface area contributed by atoms with Crippen molar-refractivity contribution in [1.29, 1.82) is 0 Å². The van der Waals surface area contributed by atoms with Gasteiger partial charge in [-0.15, -0.1) is 0 Å². The molecule has 216 valence electrons. The van der Waals surface area contributed by atoms with Crippen LogP contribution in [0.1, 0.15) is 94.9 Å². The van der Waals surface area contributed by atoms with Crippen LogP contribution < -0.4 is 16.0 Å². The minimum absolute atomic E-state index is 0.131. The molecule has 4 N–H and O–H groups in total. The summed E-state index contributed by atoms with van der Waals surface area (Å²) in [5.41, 5.74) is -0.727. The van der Waals surface area contributed by atoms with Crippen LogP contribution in [0.4, 0.5) is 4.79 Å². The Hall–Kier alpha value is -2.36. The SMILES string of the molecule is CCOC(=O)C[C@@H](O)[C@H](CC(C)C)NC(=O)[C@@H](NC(=O)[C@@H](NC(=O)OC(C)(C)C)C(C)CC)C(C)CC. The van der Waals surface area contributed by atoms with E-state index in [0.717, 1.165) is 0 Å². The Labute approximate surface area is 223 Å². The van der Waals surface area contributed by atoms with Crippen molar-refractivity contribution in [2.75, 3.05) is 6.61 Å². The number of aliphatic hydroxyl groups excluding tert-OH is 1. The summed E-state index contributed by atoms with van der Waals surface area (Å²) in [6.45, 7) is 18.5. The van der Waals surface area contributed by atoms with Crippen LogP contribution in [0.15, 0.2) is 0 Å². The highest BCUT2D eigenvalue weighted by Gasteiger charge is 2.35. The van der Waals surface area contributed by atoms with E-state index in [-0.39, 0.29) is 30.8 Å². The minimum atomic E-state index is -1.14. The molecule has 0 aromatic carbocycles. The summed E-state index contributed by atoms with van der Waals surface area (Å²) in [5, 5.41) is 19.0. The number of hydrogen-bond donors (Lipinski definition) is 4. The molecule has 0 radical (unpaired) electrons. The first-order chi connectivity index (χ1) is 17.1. The number of esters is 1. The maximum absolute atomic E-state index is 13.4. The molecule has 0 aliphatic carbocycles. The summed E-state index contributed by atoms with van der Waals surface area (Å²) in [5.74, 6) is -1.82. The van der Waals surface area contributed by atoms with Crippen LogP contribution >= 0.6 is 0 Å². The third-order valence-corrected chi connectivity index (χ3v) is 6.16. The van der Waals surface area contributed by atoms with Crippen molar-refractivity contribution in [3.63, 3.8) is 0 Å². The van der Waals surface area contributed by atoms with Gasteiger partial charge in [0.2, 0.25) is 11.8 Å². The number of ether oxygens (including phenoxy) is 2. The summed E-state index contributed by atoms with van der Waals surface area (Å²) in [6, 6.07) is -2.51. The largest absolute Gasteiger partial charge is 0.466 e. The van der Waals surface area contributed by atoms with Crippen LogP contribution in [-0.4, -0.2) is 65.4 Å². The summed E-state index contributed by atoms with van der Waals surface area (Å²) in [4.78, 5) is 51.0. The highest BCUT2D eigenvalue weighted by Crippen LogP contribution is 2.16. The van der Waals surface area contributed by atoms with Gasteiger partial charge in [-0.25, -0.2) is 4.79 Å². The normalized spacial score (nSPS) is 16.5. The number of alkyl carbamates (subject to hydrolysis) is 1. The molecule has 0 spiro atoms. The number of carbonyl (C=O) groups is 4. The van der Waals surface area contributed by atoms with Crippen LogP contribution in [0, 0.1) is 17.8 Å². The molecular weight excluding hydrogens is 478 g/mol. The molecule has 0 rings (SSSR count). The Balaban J connectivity index is 5.75. The molecule has 0 aliphatic heterocycles. The summed E-state index contributed by atoms with van der Waals surface area (Å²) >= 11 is 0. The van der Waals surface area contributed by atoms with Gasteiger partial charge in [0.1, 0.15) is 17.7 Å². The molecule has 10 heteroatoms. The van der Waals surface area contributed by atoms with Gasteiger partial charge in [0.15, 0.2) is 0 Å². The molecule has 0 fully saturated rings. The first-order valence-corrected chi connectivity index (χ1v) is 13.5. The maximum Gasteiger partial charge on any atom is 0.408 e. The Morgan fingerprint density at radius 1 is 0.811 bits per heavy atom. The van der Waals surface area contributed by atoms with Crippen LogP contribution in [0.3, 0.4) is 0 Å². The number of hydrogen-bond acceptors (Lipinski definition) is 7. The fourth-order valence-electron chi connectivity index (χ4n) is 3.71. The topological polar surface area (TPSA) is 143 Å². The molecule has 0 aliphatic rings. The molecule has 0 heterocycles. The maximum atomic E-state index is 13.4. The second kappa shape index (κ2) is 16.5. The van der Waals surface area contributed by atoms with Crippen molar-refractivity contribution in [1.82, 2.24) is 16.0 Å². The molecule has 2 unspecified atom stereocenters. The highest BCUT2D eigenvalue weighted by molar-refractivity contribution is 5.91. The van der Waals surface area contributed by atoms with Crippen molar-refractivity contribution in [3.8, 4) is 0 Å². The molecule has 0 saturated heterocycles. The first kappa shape index (κ1) is 34.6. The lowest BCUT2D eigenvalue weighted by atomic mass is 9.93. The van der Waals surface area contributed by atoms with E-state index >= 15 is 0 Å². The monoisotopic (exact) mass is 529 g/mol. The Morgan fingerprint density at radius 2 is 1.30 bits per heavy atom. The Kier molecular flexibility index (Phi) is 15.4. The van der Waals surface area contributed by atoms with E-state index in [9.17, 15) is 24.3 Å². The molecule has 0 bridgehead atoms. The quantitative estimate of drug-likeness (QED) is 0.238. The Bertz CT molecular complexity index is 736. The second-order valence-electron chi connectivity index (χ2n) is 11.2. The smallest absolute Gasteiger partial charge is 0.408 e. The summed E-state index contributed by atoms with van der Waals surface area (Å²) in [6.07, 6.45) is -0.446. The van der Waals surface area contributed by atoms with E-state index in [1.165, 1.54) is 0 Å². The zero-order valence-corrected chi connectivity index (χ0v) is 24.5. The van der Waals surface area contributed by atoms with Crippen LogP contribution in [-0.2, 0) is 23.9 Å². The van der Waals surface area contributed by atoms with Gasteiger partial charge in [0.05, 0.1) is 25.2 Å². The van der Waals surface area contributed by atoms with E-state index in [0.29, 0.717) is 19.3 Å². The van der Waals surface area contributed by atoms with Crippen LogP contribution in [0.25, 0.3) is 0 Å². The number of amides is 3. The standard InChI is InChI=1S/C27H51N3O7/c1-11-17(6)22(24(33)28-19(14-16(4)5)20(31)15-21(32)36-13-3)29-25(34)23(18(7)12-2)30-26(35)37-27(8,9)10/h16-20,22-23,31H,11-15H2,1-10H3,(H,28,33)(H,29,34)(H,30,35)/t17?,18?,19-,20+,22-,23-/m0/s1. The lowest BCUT2D eigenvalue weighted by molar-refractivity contribution is -0.146. The predicted octanol–water partition coefficient (Wildman–Crippen LogP) is 3.30. The van der Waals surface area contributed by atoms with Crippen molar-refractivity contribution < 1.29 is 33.8 Å². The van der Waals surface area contributed by atoms with Crippen molar-refractivity contribution in [3.05, 3.63) is 0 Å². The van der Waals surface area contributed by atoms with E-state index < -0.39 is 53.7 Å². The van der Waals surface area contributed by atoms with Gasteiger partial charge in [-0.05, 0) is 51.9 Å². The molecule has 37 heavy (non-hydrogen) atoms. The van der Waals surface area contributed by atoms with E-state index in [1.807, 2.05) is 41.5 Å². The fraction of sp³-hybridized carbons (Fsp3) is 0.852. The summed E-state index contributed by atoms with van der Waals surface area (Å²) < 4.78 is 10.3. The number of nitrogens with one attached hydrogen (secondary N) is 3. The average molecular weight is 530 g/mol. The number of rotatable bonds is 15. The van der Waals surface area contributed by atoms with Gasteiger partial charge in [-0.3, -0.25) is 14.4 Å². The molecule has 6 atom stereocenters. The van der Waals surface area contributed by atoms with E-state index in [2.05, 4.69) is 16.0 Å². The number of carbonyl (C=O) groups excluding carboxylic acids is 4. The van der Waals surface area contributed by atoms with Gasteiger partial charge in [0, 0.05) is 0 Å². The zero-order chi connectivity index (χ0) is 28.9. The van der Waals surface area contributed by atoms with Crippen LogP contribution in [0.5, 0.6) is 0 Å². The first-order valence-electron chi connectivity index (χ1n) is 13.5. The Morgan fingerprint density at radius 3 is 1.73 bits per heavy atom. The van der Waals surface area contributed by atoms with Gasteiger partial charge >= 0.3 is 12.1 Å². The van der Waals surface area contributed by atoms with Crippen LogP contribution in [0.2, 0.25) is 0 Å². The minimum Gasteiger partial charge on any atom is -0.466 e. The van der Waals surface area contributed by atoms with E-state index in [1.54, 1.807) is 27.7 Å². The summed E-state index contributed by atoms with van der Waals surface area (Å²) in [7, 11) is 0. The second-order valence-corrected chi connectivity index (χ2v) is 11.2. The number of aliphatic hydroxyl groups is 1. The average Bonchev–Trinajstić information content (AvgIpc) is 2.77. The fourth-order valence-corrected chi connectivity index (χ4v) is 3.71. The molecule has 3 amide bonds. The zero-order valence-electron chi connectivity index (χ0n) is 24.5. The molecule has 0 aromatic rings. The molecule has 0 saturated carbocycles. The molecule has 0 aromatic heterocycles. The van der Waals surface area contributed by atoms with Crippen molar-refractivity contribution in [2.24, 2.45) is 17.8 Å². The van der Waals surface area contributed by atoms with Gasteiger partial charge in [-0.2, -0.15) is 0 Å². The lowest BCUT2D eigenvalue weighted by Gasteiger charge is -2.32.